The Morgan fingerprint density at radius 2 is 1.74 bits per heavy atom. The van der Waals surface area contributed by atoms with E-state index < -0.39 is 5.72 Å². The molecule has 2 heterocycles. The molecule has 0 saturated carbocycles. The predicted octanol–water partition coefficient (Wildman–Crippen LogP) is 0.835. The predicted molar refractivity (Wildman–Crippen MR) is 103 cm³/mol. The van der Waals surface area contributed by atoms with E-state index in [1.807, 2.05) is 54.6 Å². The van der Waals surface area contributed by atoms with Crippen LogP contribution in [0.25, 0.3) is 0 Å². The summed E-state index contributed by atoms with van der Waals surface area (Å²) in [7, 11) is 0. The Labute approximate surface area is 160 Å². The van der Waals surface area contributed by atoms with Crippen LogP contribution < -0.4 is 4.90 Å². The third-order valence-corrected chi connectivity index (χ3v) is 5.69. The number of morpholine rings is 1. The summed E-state index contributed by atoms with van der Waals surface area (Å²) < 4.78 is 5.41. The van der Waals surface area contributed by atoms with Crippen LogP contribution in [0.15, 0.2) is 54.6 Å². The Balaban J connectivity index is 1.53. The fourth-order valence-electron chi connectivity index (χ4n) is 4.23. The molecule has 0 aliphatic carbocycles. The number of amides is 1. The van der Waals surface area contributed by atoms with Gasteiger partial charge in [0.25, 0.3) is 5.91 Å². The number of fused-ring (bicyclic) bond motifs is 1. The van der Waals surface area contributed by atoms with Gasteiger partial charge in [-0.05, 0) is 11.6 Å². The van der Waals surface area contributed by atoms with Gasteiger partial charge in [0.1, 0.15) is 13.1 Å². The van der Waals surface area contributed by atoms with Crippen LogP contribution in [0.5, 0.6) is 0 Å². The fourth-order valence-corrected chi connectivity index (χ4v) is 4.23. The van der Waals surface area contributed by atoms with Gasteiger partial charge in [-0.3, -0.25) is 4.79 Å². The average molecular weight is 367 g/mol. The molecule has 2 aromatic carbocycles. The SMILES string of the molecule is O=C1c2ccccc2[C@](O)(Cc2ccccc2)N1CCC[NH+]1CCOCC1. The Morgan fingerprint density at radius 1 is 1.04 bits per heavy atom. The van der Waals surface area contributed by atoms with Gasteiger partial charge in [0.2, 0.25) is 0 Å². The molecular weight excluding hydrogens is 340 g/mol. The summed E-state index contributed by atoms with van der Waals surface area (Å²) in [5, 5.41) is 11.6. The standard InChI is InChI=1S/C22H26N2O3/c25-21-19-9-4-5-10-20(19)22(26,17-18-7-2-1-3-8-18)24(21)12-6-11-23-13-15-27-16-14-23/h1-5,7-10,26H,6,11-17H2/p+1/t22-/m1/s1. The molecule has 0 bridgehead atoms. The van der Waals surface area contributed by atoms with Crippen LogP contribution in [0, 0.1) is 0 Å². The average Bonchev–Trinajstić information content (AvgIpc) is 2.92. The summed E-state index contributed by atoms with van der Waals surface area (Å²) in [5.74, 6) is -0.0685. The number of nitrogens with one attached hydrogen (secondary N) is 1. The number of benzene rings is 2. The molecule has 2 aromatic rings. The summed E-state index contributed by atoms with van der Waals surface area (Å²) in [6.45, 7) is 5.19. The summed E-state index contributed by atoms with van der Waals surface area (Å²) in [5.41, 5.74) is 1.08. The van der Waals surface area contributed by atoms with E-state index in [2.05, 4.69) is 0 Å². The highest BCUT2D eigenvalue weighted by Crippen LogP contribution is 2.39. The van der Waals surface area contributed by atoms with Gasteiger partial charge in [-0.1, -0.05) is 48.5 Å². The molecule has 5 heteroatoms. The first-order valence-corrected chi connectivity index (χ1v) is 9.77. The molecule has 1 amide bonds. The van der Waals surface area contributed by atoms with Crippen LogP contribution in [0.4, 0.5) is 0 Å². The van der Waals surface area contributed by atoms with Crippen LogP contribution in [-0.2, 0) is 16.9 Å². The molecule has 1 fully saturated rings. The molecule has 5 nitrogen and oxygen atoms in total. The molecule has 1 saturated heterocycles. The minimum atomic E-state index is -1.28. The third-order valence-electron chi connectivity index (χ3n) is 5.69. The lowest BCUT2D eigenvalue weighted by molar-refractivity contribution is -0.908. The largest absolute Gasteiger partial charge is 0.370 e. The lowest BCUT2D eigenvalue weighted by Crippen LogP contribution is -3.14. The van der Waals surface area contributed by atoms with E-state index in [0.29, 0.717) is 18.5 Å². The molecule has 4 rings (SSSR count). The first-order valence-electron chi connectivity index (χ1n) is 9.77. The minimum Gasteiger partial charge on any atom is -0.370 e. The van der Waals surface area contributed by atoms with E-state index in [1.165, 1.54) is 4.90 Å². The molecule has 27 heavy (non-hydrogen) atoms. The maximum Gasteiger partial charge on any atom is 0.256 e. The van der Waals surface area contributed by atoms with Crippen LogP contribution in [0.3, 0.4) is 0 Å². The van der Waals surface area contributed by atoms with Crippen molar-refractivity contribution in [3.8, 4) is 0 Å². The van der Waals surface area contributed by atoms with E-state index in [4.69, 9.17) is 4.74 Å². The number of ether oxygens (including phenoxy) is 1. The fraction of sp³-hybridized carbons (Fsp3) is 0.409. The van der Waals surface area contributed by atoms with Gasteiger partial charge in [0.05, 0.1) is 19.8 Å². The lowest BCUT2D eigenvalue weighted by atomic mass is 9.94. The van der Waals surface area contributed by atoms with Gasteiger partial charge in [0, 0.05) is 30.5 Å². The minimum absolute atomic E-state index is 0.0685. The van der Waals surface area contributed by atoms with Crippen molar-refractivity contribution in [3.05, 3.63) is 71.3 Å². The maximum absolute atomic E-state index is 13.0. The second-order valence-corrected chi connectivity index (χ2v) is 7.45. The number of carbonyl (C=O) groups excluding carboxylic acids is 1. The van der Waals surface area contributed by atoms with Gasteiger partial charge in [-0.15, -0.1) is 0 Å². The second kappa shape index (κ2) is 7.80. The number of aliphatic hydroxyl groups is 1. The maximum atomic E-state index is 13.0. The molecule has 1 atom stereocenters. The first kappa shape index (κ1) is 18.2. The quantitative estimate of drug-likeness (QED) is 0.795. The van der Waals surface area contributed by atoms with Crippen molar-refractivity contribution in [3.63, 3.8) is 0 Å². The highest BCUT2D eigenvalue weighted by Gasteiger charge is 2.48. The normalized spacial score (nSPS) is 22.9. The zero-order valence-electron chi connectivity index (χ0n) is 15.6. The summed E-state index contributed by atoms with van der Waals surface area (Å²) >= 11 is 0. The molecule has 2 aliphatic rings. The van der Waals surface area contributed by atoms with Crippen molar-refractivity contribution < 1.29 is 19.5 Å². The van der Waals surface area contributed by atoms with Crippen LogP contribution >= 0.6 is 0 Å². The number of carbonyl (C=O) groups is 1. The van der Waals surface area contributed by atoms with Gasteiger partial charge in [-0.25, -0.2) is 0 Å². The summed E-state index contributed by atoms with van der Waals surface area (Å²) in [4.78, 5) is 16.2. The molecular formula is C22H27N2O3+. The molecule has 0 spiro atoms. The second-order valence-electron chi connectivity index (χ2n) is 7.45. The molecule has 0 radical (unpaired) electrons. The van der Waals surface area contributed by atoms with Crippen LogP contribution in [0.1, 0.15) is 27.9 Å². The summed E-state index contributed by atoms with van der Waals surface area (Å²) in [6.07, 6.45) is 1.27. The smallest absolute Gasteiger partial charge is 0.256 e. The van der Waals surface area contributed by atoms with Crippen molar-refractivity contribution in [2.75, 3.05) is 39.4 Å². The van der Waals surface area contributed by atoms with Crippen molar-refractivity contribution in [2.45, 2.75) is 18.6 Å². The van der Waals surface area contributed by atoms with Gasteiger partial charge in [0.15, 0.2) is 5.72 Å². The number of rotatable bonds is 6. The molecule has 2 N–H and O–H groups in total. The van der Waals surface area contributed by atoms with Gasteiger partial charge in [-0.2, -0.15) is 0 Å². The molecule has 142 valence electrons. The Bertz CT molecular complexity index is 789. The van der Waals surface area contributed by atoms with E-state index in [-0.39, 0.29) is 5.91 Å². The van der Waals surface area contributed by atoms with Crippen molar-refractivity contribution in [1.29, 1.82) is 0 Å². The van der Waals surface area contributed by atoms with E-state index in [1.54, 1.807) is 4.90 Å². The van der Waals surface area contributed by atoms with Crippen LogP contribution in [0.2, 0.25) is 0 Å². The Kier molecular flexibility index (Phi) is 5.25. The van der Waals surface area contributed by atoms with Crippen molar-refractivity contribution >= 4 is 5.91 Å². The zero-order chi connectivity index (χ0) is 18.7. The van der Waals surface area contributed by atoms with Crippen molar-refractivity contribution in [1.82, 2.24) is 4.90 Å². The topological polar surface area (TPSA) is 54.2 Å². The number of hydrogen-bond donors (Lipinski definition) is 2. The van der Waals surface area contributed by atoms with E-state index >= 15 is 0 Å². The molecule has 0 unspecified atom stereocenters. The molecule has 2 aliphatic heterocycles. The van der Waals surface area contributed by atoms with Crippen LogP contribution in [-0.4, -0.2) is 55.3 Å². The highest BCUT2D eigenvalue weighted by molar-refractivity contribution is 5.99. The van der Waals surface area contributed by atoms with E-state index in [0.717, 1.165) is 50.4 Å². The monoisotopic (exact) mass is 367 g/mol. The summed E-state index contributed by atoms with van der Waals surface area (Å²) in [6, 6.07) is 17.3. The van der Waals surface area contributed by atoms with E-state index in [9.17, 15) is 9.90 Å². The number of quaternary nitrogens is 1. The Morgan fingerprint density at radius 3 is 2.52 bits per heavy atom. The zero-order valence-corrected chi connectivity index (χ0v) is 15.6. The first-order chi connectivity index (χ1) is 13.2. The number of nitrogens with zero attached hydrogens (tertiary/aromatic N) is 1. The van der Waals surface area contributed by atoms with Gasteiger partial charge < -0.3 is 19.6 Å². The number of hydrogen-bond acceptors (Lipinski definition) is 3. The highest BCUT2D eigenvalue weighted by atomic mass is 16.5. The molecule has 0 aromatic heterocycles. The third kappa shape index (κ3) is 3.63. The van der Waals surface area contributed by atoms with Crippen molar-refractivity contribution in [2.24, 2.45) is 0 Å². The lowest BCUT2D eigenvalue weighted by Gasteiger charge is -2.35. The Hall–Kier alpha value is -2.21. The van der Waals surface area contributed by atoms with Gasteiger partial charge >= 0.3 is 0 Å².